The maximum Gasteiger partial charge on any atom is 0.265 e. The molecule has 0 saturated carbocycles. The van der Waals surface area contributed by atoms with E-state index in [9.17, 15) is 4.79 Å². The zero-order valence-electron chi connectivity index (χ0n) is 12.1. The SMILES string of the molecule is CC1Oc2ccc(CCCc3ccccc3)cc2NC1=O. The van der Waals surface area contributed by atoms with Gasteiger partial charge in [-0.25, -0.2) is 0 Å². The van der Waals surface area contributed by atoms with E-state index in [0.29, 0.717) is 0 Å². The van der Waals surface area contributed by atoms with Gasteiger partial charge in [-0.15, -0.1) is 0 Å². The van der Waals surface area contributed by atoms with E-state index in [1.54, 1.807) is 6.92 Å². The highest BCUT2D eigenvalue weighted by atomic mass is 16.5. The molecule has 3 rings (SSSR count). The average Bonchev–Trinajstić information content (AvgIpc) is 2.50. The van der Waals surface area contributed by atoms with Crippen LogP contribution in [0, 0.1) is 0 Å². The first-order chi connectivity index (χ1) is 10.2. The molecule has 1 atom stereocenters. The molecule has 108 valence electrons. The van der Waals surface area contributed by atoms with Crippen LogP contribution in [0.15, 0.2) is 48.5 Å². The second-order valence-electron chi connectivity index (χ2n) is 5.42. The standard InChI is InChI=1S/C18H19NO2/c1-13-18(20)19-16-12-15(10-11-17(16)21-13)9-5-8-14-6-3-2-4-7-14/h2-4,6-7,10-13H,5,8-9H2,1H3,(H,19,20). The van der Waals surface area contributed by atoms with Crippen LogP contribution in [0.25, 0.3) is 0 Å². The summed E-state index contributed by atoms with van der Waals surface area (Å²) in [7, 11) is 0. The maximum atomic E-state index is 11.6. The Kier molecular flexibility index (Phi) is 3.91. The van der Waals surface area contributed by atoms with Gasteiger partial charge in [-0.2, -0.15) is 0 Å². The van der Waals surface area contributed by atoms with Crippen molar-refractivity contribution in [2.45, 2.75) is 32.3 Å². The maximum absolute atomic E-state index is 11.6. The summed E-state index contributed by atoms with van der Waals surface area (Å²) in [6.07, 6.45) is 2.74. The minimum atomic E-state index is -0.415. The van der Waals surface area contributed by atoms with Crippen molar-refractivity contribution < 1.29 is 9.53 Å². The number of ether oxygens (including phenoxy) is 1. The van der Waals surface area contributed by atoms with Crippen molar-refractivity contribution in [2.75, 3.05) is 5.32 Å². The Morgan fingerprint density at radius 1 is 1.05 bits per heavy atom. The summed E-state index contributed by atoms with van der Waals surface area (Å²) in [5.74, 6) is 0.679. The Morgan fingerprint density at radius 3 is 2.62 bits per heavy atom. The lowest BCUT2D eigenvalue weighted by atomic mass is 10.0. The highest BCUT2D eigenvalue weighted by molar-refractivity contribution is 5.97. The van der Waals surface area contributed by atoms with Crippen LogP contribution in [0.4, 0.5) is 5.69 Å². The molecule has 0 aliphatic carbocycles. The molecule has 0 fully saturated rings. The Hall–Kier alpha value is -2.29. The van der Waals surface area contributed by atoms with E-state index in [2.05, 4.69) is 35.6 Å². The Balaban J connectivity index is 1.62. The van der Waals surface area contributed by atoms with Gasteiger partial charge >= 0.3 is 0 Å². The van der Waals surface area contributed by atoms with Gasteiger partial charge < -0.3 is 10.1 Å². The first-order valence-electron chi connectivity index (χ1n) is 7.37. The van der Waals surface area contributed by atoms with Crippen molar-refractivity contribution in [3.05, 3.63) is 59.7 Å². The van der Waals surface area contributed by atoms with E-state index < -0.39 is 6.10 Å². The van der Waals surface area contributed by atoms with Crippen molar-refractivity contribution in [2.24, 2.45) is 0 Å². The zero-order chi connectivity index (χ0) is 14.7. The summed E-state index contributed by atoms with van der Waals surface area (Å²) in [5.41, 5.74) is 3.37. The number of hydrogen-bond donors (Lipinski definition) is 1. The van der Waals surface area contributed by atoms with Gasteiger partial charge in [0.2, 0.25) is 0 Å². The van der Waals surface area contributed by atoms with Crippen LogP contribution < -0.4 is 10.1 Å². The molecule has 0 radical (unpaired) electrons. The van der Waals surface area contributed by atoms with Gasteiger partial charge in [0, 0.05) is 0 Å². The summed E-state index contributed by atoms with van der Waals surface area (Å²) >= 11 is 0. The smallest absolute Gasteiger partial charge is 0.265 e. The van der Waals surface area contributed by atoms with Gasteiger partial charge in [0.1, 0.15) is 5.75 Å². The summed E-state index contributed by atoms with van der Waals surface area (Å²) in [4.78, 5) is 11.6. The van der Waals surface area contributed by atoms with Gasteiger partial charge in [-0.3, -0.25) is 4.79 Å². The molecule has 1 unspecified atom stereocenters. The summed E-state index contributed by atoms with van der Waals surface area (Å²) < 4.78 is 5.56. The van der Waals surface area contributed by atoms with Crippen LogP contribution in [0.3, 0.4) is 0 Å². The van der Waals surface area contributed by atoms with Gasteiger partial charge in [-0.1, -0.05) is 36.4 Å². The third kappa shape index (κ3) is 3.24. The largest absolute Gasteiger partial charge is 0.479 e. The predicted molar refractivity (Wildman–Crippen MR) is 83.6 cm³/mol. The van der Waals surface area contributed by atoms with E-state index >= 15 is 0 Å². The number of benzene rings is 2. The predicted octanol–water partition coefficient (Wildman–Crippen LogP) is 3.58. The van der Waals surface area contributed by atoms with Crippen molar-refractivity contribution in [1.82, 2.24) is 0 Å². The van der Waals surface area contributed by atoms with Gasteiger partial charge in [0.15, 0.2) is 6.10 Å². The first-order valence-corrected chi connectivity index (χ1v) is 7.37. The van der Waals surface area contributed by atoms with E-state index in [1.165, 1.54) is 11.1 Å². The summed E-state index contributed by atoms with van der Waals surface area (Å²) in [6, 6.07) is 16.5. The molecule has 1 amide bonds. The second-order valence-corrected chi connectivity index (χ2v) is 5.42. The molecule has 0 saturated heterocycles. The molecule has 2 aromatic rings. The molecule has 1 N–H and O–H groups in total. The fraction of sp³-hybridized carbons (Fsp3) is 0.278. The van der Waals surface area contributed by atoms with E-state index in [-0.39, 0.29) is 5.91 Å². The highest BCUT2D eigenvalue weighted by Crippen LogP contribution is 2.30. The van der Waals surface area contributed by atoms with Crippen molar-refractivity contribution >= 4 is 11.6 Å². The molecular weight excluding hydrogens is 262 g/mol. The quantitative estimate of drug-likeness (QED) is 0.930. The number of rotatable bonds is 4. The summed E-state index contributed by atoms with van der Waals surface area (Å²) in [5, 5.41) is 2.89. The van der Waals surface area contributed by atoms with Gasteiger partial charge in [0.05, 0.1) is 5.69 Å². The van der Waals surface area contributed by atoms with Crippen molar-refractivity contribution in [1.29, 1.82) is 0 Å². The van der Waals surface area contributed by atoms with Crippen LogP contribution in [0.5, 0.6) is 5.75 Å². The first kappa shape index (κ1) is 13.7. The molecule has 0 spiro atoms. The second kappa shape index (κ2) is 6.00. The average molecular weight is 281 g/mol. The lowest BCUT2D eigenvalue weighted by Gasteiger charge is -2.23. The lowest BCUT2D eigenvalue weighted by molar-refractivity contribution is -0.122. The Bertz CT molecular complexity index is 637. The van der Waals surface area contributed by atoms with E-state index in [4.69, 9.17) is 4.74 Å². The number of carbonyl (C=O) groups is 1. The minimum absolute atomic E-state index is 0.0797. The molecule has 0 bridgehead atoms. The molecule has 3 heteroatoms. The van der Waals surface area contributed by atoms with Gasteiger partial charge in [0.25, 0.3) is 5.91 Å². The monoisotopic (exact) mass is 281 g/mol. The topological polar surface area (TPSA) is 38.3 Å². The minimum Gasteiger partial charge on any atom is -0.479 e. The number of hydrogen-bond acceptors (Lipinski definition) is 2. The third-order valence-corrected chi connectivity index (χ3v) is 3.75. The fourth-order valence-corrected chi connectivity index (χ4v) is 2.55. The van der Waals surface area contributed by atoms with Crippen LogP contribution in [-0.4, -0.2) is 12.0 Å². The Labute approximate surface area is 124 Å². The molecule has 1 aliphatic heterocycles. The van der Waals surface area contributed by atoms with Crippen LogP contribution >= 0.6 is 0 Å². The van der Waals surface area contributed by atoms with Crippen LogP contribution in [0.2, 0.25) is 0 Å². The molecular formula is C18H19NO2. The fourth-order valence-electron chi connectivity index (χ4n) is 2.55. The Morgan fingerprint density at radius 2 is 1.81 bits per heavy atom. The number of amides is 1. The van der Waals surface area contributed by atoms with E-state index in [0.717, 1.165) is 30.7 Å². The van der Waals surface area contributed by atoms with Crippen molar-refractivity contribution in [3.63, 3.8) is 0 Å². The number of fused-ring (bicyclic) bond motifs is 1. The van der Waals surface area contributed by atoms with Crippen molar-refractivity contribution in [3.8, 4) is 5.75 Å². The molecule has 0 aromatic heterocycles. The highest BCUT2D eigenvalue weighted by Gasteiger charge is 2.23. The number of aryl methyl sites for hydroxylation is 2. The van der Waals surface area contributed by atoms with E-state index in [1.807, 2.05) is 18.2 Å². The number of carbonyl (C=O) groups excluding carboxylic acids is 1. The number of anilines is 1. The molecule has 3 nitrogen and oxygen atoms in total. The number of nitrogens with one attached hydrogen (secondary N) is 1. The zero-order valence-corrected chi connectivity index (χ0v) is 12.1. The van der Waals surface area contributed by atoms with Crippen LogP contribution in [0.1, 0.15) is 24.5 Å². The summed E-state index contributed by atoms with van der Waals surface area (Å²) in [6.45, 7) is 1.76. The molecule has 21 heavy (non-hydrogen) atoms. The molecule has 1 heterocycles. The molecule has 2 aromatic carbocycles. The van der Waals surface area contributed by atoms with Crippen LogP contribution in [-0.2, 0) is 17.6 Å². The normalized spacial score (nSPS) is 16.8. The third-order valence-electron chi connectivity index (χ3n) is 3.75. The molecule has 1 aliphatic rings. The lowest BCUT2D eigenvalue weighted by Crippen LogP contribution is -2.34. The van der Waals surface area contributed by atoms with Gasteiger partial charge in [-0.05, 0) is 49.4 Å².